The first-order chi connectivity index (χ1) is 9.27. The van der Waals surface area contributed by atoms with E-state index in [1.54, 1.807) is 7.11 Å². The van der Waals surface area contributed by atoms with E-state index in [0.29, 0.717) is 0 Å². The second kappa shape index (κ2) is 9.82. The van der Waals surface area contributed by atoms with Crippen molar-refractivity contribution in [2.45, 2.75) is 39.0 Å². The summed E-state index contributed by atoms with van der Waals surface area (Å²) < 4.78 is 10.8. The summed E-state index contributed by atoms with van der Waals surface area (Å²) in [6, 6.07) is 6.33. The lowest BCUT2D eigenvalue weighted by Gasteiger charge is -2.08. The number of rotatable bonds is 10. The Hall–Kier alpha value is -1.06. The molecule has 1 N–H and O–H groups in total. The first-order valence-corrected chi connectivity index (χ1v) is 7.10. The van der Waals surface area contributed by atoms with Crippen molar-refractivity contribution < 1.29 is 14.6 Å². The number of benzene rings is 1. The summed E-state index contributed by atoms with van der Waals surface area (Å²) in [5, 5.41) is 8.64. The lowest BCUT2D eigenvalue weighted by atomic mass is 10.1. The number of hydrogen-bond acceptors (Lipinski definition) is 3. The van der Waals surface area contributed by atoms with Gasteiger partial charge in [-0.05, 0) is 56.2 Å². The zero-order chi connectivity index (χ0) is 13.9. The van der Waals surface area contributed by atoms with Crippen molar-refractivity contribution in [3.8, 4) is 5.75 Å². The van der Waals surface area contributed by atoms with Crippen LogP contribution in [0.3, 0.4) is 0 Å². The van der Waals surface area contributed by atoms with Crippen LogP contribution in [0, 0.1) is 6.92 Å². The molecule has 0 atom stereocenters. The van der Waals surface area contributed by atoms with Gasteiger partial charge in [-0.3, -0.25) is 0 Å². The SMILES string of the molecule is COc1ccc(CCCOCCCCCO)cc1C. The van der Waals surface area contributed by atoms with Gasteiger partial charge >= 0.3 is 0 Å². The highest BCUT2D eigenvalue weighted by Gasteiger charge is 2.00. The molecule has 108 valence electrons. The summed E-state index contributed by atoms with van der Waals surface area (Å²) in [6.07, 6.45) is 5.07. The molecule has 1 aromatic rings. The third kappa shape index (κ3) is 6.60. The largest absolute Gasteiger partial charge is 0.496 e. The number of ether oxygens (including phenoxy) is 2. The molecular formula is C16H26O3. The minimum atomic E-state index is 0.289. The fourth-order valence-corrected chi connectivity index (χ4v) is 2.07. The Balaban J connectivity index is 2.11. The number of aliphatic hydroxyl groups excluding tert-OH is 1. The molecule has 0 radical (unpaired) electrons. The van der Waals surface area contributed by atoms with Crippen LogP contribution >= 0.6 is 0 Å². The Bertz CT molecular complexity index is 350. The van der Waals surface area contributed by atoms with E-state index in [2.05, 4.69) is 19.1 Å². The molecule has 3 nitrogen and oxygen atoms in total. The van der Waals surface area contributed by atoms with E-state index < -0.39 is 0 Å². The highest BCUT2D eigenvalue weighted by Crippen LogP contribution is 2.19. The lowest BCUT2D eigenvalue weighted by Crippen LogP contribution is -1.99. The van der Waals surface area contributed by atoms with Crippen LogP contribution in [0.5, 0.6) is 5.75 Å². The van der Waals surface area contributed by atoms with E-state index in [0.717, 1.165) is 51.1 Å². The maximum Gasteiger partial charge on any atom is 0.121 e. The standard InChI is InChI=1S/C16H26O3/c1-14-13-15(8-9-16(14)18-2)7-6-12-19-11-5-3-4-10-17/h8-9,13,17H,3-7,10-12H2,1-2H3. The van der Waals surface area contributed by atoms with E-state index in [1.165, 1.54) is 11.1 Å². The molecule has 0 heterocycles. The molecule has 0 bridgehead atoms. The molecule has 0 aliphatic rings. The van der Waals surface area contributed by atoms with Gasteiger partial charge in [0.15, 0.2) is 0 Å². The Morgan fingerprint density at radius 2 is 1.84 bits per heavy atom. The molecule has 0 aliphatic carbocycles. The molecule has 3 heteroatoms. The third-order valence-corrected chi connectivity index (χ3v) is 3.16. The molecule has 0 saturated heterocycles. The second-order valence-corrected chi connectivity index (χ2v) is 4.80. The summed E-state index contributed by atoms with van der Waals surface area (Å²) in [4.78, 5) is 0. The molecule has 0 aromatic heterocycles. The smallest absolute Gasteiger partial charge is 0.121 e. The van der Waals surface area contributed by atoms with E-state index in [1.807, 2.05) is 6.07 Å². The van der Waals surface area contributed by atoms with Gasteiger partial charge in [0.25, 0.3) is 0 Å². The minimum absolute atomic E-state index is 0.289. The average Bonchev–Trinajstić information content (AvgIpc) is 2.42. The zero-order valence-electron chi connectivity index (χ0n) is 12.2. The molecule has 19 heavy (non-hydrogen) atoms. The van der Waals surface area contributed by atoms with E-state index in [4.69, 9.17) is 14.6 Å². The van der Waals surface area contributed by atoms with Crippen LogP contribution in [0.15, 0.2) is 18.2 Å². The van der Waals surface area contributed by atoms with Crippen molar-refractivity contribution in [1.82, 2.24) is 0 Å². The lowest BCUT2D eigenvalue weighted by molar-refractivity contribution is 0.126. The fourth-order valence-electron chi connectivity index (χ4n) is 2.07. The Morgan fingerprint density at radius 1 is 1.05 bits per heavy atom. The van der Waals surface area contributed by atoms with Gasteiger partial charge in [0.2, 0.25) is 0 Å². The van der Waals surface area contributed by atoms with Crippen LogP contribution in [0.2, 0.25) is 0 Å². The normalized spacial score (nSPS) is 10.7. The molecule has 1 aromatic carbocycles. The Kier molecular flexibility index (Phi) is 8.26. The van der Waals surface area contributed by atoms with E-state index in [-0.39, 0.29) is 6.61 Å². The van der Waals surface area contributed by atoms with Crippen molar-refractivity contribution in [3.63, 3.8) is 0 Å². The molecule has 0 saturated carbocycles. The first kappa shape index (κ1) is 16.0. The predicted molar refractivity (Wildman–Crippen MR) is 77.8 cm³/mol. The second-order valence-electron chi connectivity index (χ2n) is 4.80. The van der Waals surface area contributed by atoms with E-state index in [9.17, 15) is 0 Å². The maximum atomic E-state index is 8.64. The fraction of sp³-hybridized carbons (Fsp3) is 0.625. The summed E-state index contributed by atoms with van der Waals surface area (Å²) in [7, 11) is 1.70. The predicted octanol–water partition coefficient (Wildman–Crippen LogP) is 3.12. The minimum Gasteiger partial charge on any atom is -0.496 e. The topological polar surface area (TPSA) is 38.7 Å². The molecule has 0 amide bonds. The molecule has 0 aliphatic heterocycles. The van der Waals surface area contributed by atoms with Crippen molar-refractivity contribution in [1.29, 1.82) is 0 Å². The number of aliphatic hydroxyl groups is 1. The summed E-state index contributed by atoms with van der Waals surface area (Å²) >= 11 is 0. The van der Waals surface area contributed by atoms with E-state index >= 15 is 0 Å². The maximum absolute atomic E-state index is 8.64. The van der Waals surface area contributed by atoms with Crippen LogP contribution in [0.4, 0.5) is 0 Å². The molecule has 1 rings (SSSR count). The molecule has 0 fully saturated rings. The van der Waals surface area contributed by atoms with Crippen molar-refractivity contribution >= 4 is 0 Å². The van der Waals surface area contributed by atoms with Crippen molar-refractivity contribution in [2.75, 3.05) is 26.9 Å². The van der Waals surface area contributed by atoms with Gasteiger partial charge < -0.3 is 14.6 Å². The van der Waals surface area contributed by atoms with Gasteiger partial charge in [-0.1, -0.05) is 12.1 Å². The summed E-state index contributed by atoms with van der Waals surface area (Å²) in [6.45, 7) is 3.97. The quantitative estimate of drug-likeness (QED) is 0.661. The zero-order valence-corrected chi connectivity index (χ0v) is 12.2. The highest BCUT2D eigenvalue weighted by molar-refractivity contribution is 5.36. The highest BCUT2D eigenvalue weighted by atomic mass is 16.5. The molecular weight excluding hydrogens is 240 g/mol. The molecule has 0 spiro atoms. The van der Waals surface area contributed by atoms with Crippen LogP contribution in [-0.2, 0) is 11.2 Å². The number of aryl methyl sites for hydroxylation is 2. The number of unbranched alkanes of at least 4 members (excludes halogenated alkanes) is 2. The summed E-state index contributed by atoms with van der Waals surface area (Å²) in [5.41, 5.74) is 2.52. The summed E-state index contributed by atoms with van der Waals surface area (Å²) in [5.74, 6) is 0.948. The van der Waals surface area contributed by atoms with Gasteiger partial charge in [-0.25, -0.2) is 0 Å². The third-order valence-electron chi connectivity index (χ3n) is 3.16. The van der Waals surface area contributed by atoms with Crippen molar-refractivity contribution in [2.24, 2.45) is 0 Å². The van der Waals surface area contributed by atoms with Crippen molar-refractivity contribution in [3.05, 3.63) is 29.3 Å². The van der Waals surface area contributed by atoms with Gasteiger partial charge in [0, 0.05) is 19.8 Å². The monoisotopic (exact) mass is 266 g/mol. The number of hydrogen-bond donors (Lipinski definition) is 1. The first-order valence-electron chi connectivity index (χ1n) is 7.10. The Labute approximate surface area is 116 Å². The van der Waals surface area contributed by atoms with Crippen LogP contribution in [-0.4, -0.2) is 32.0 Å². The van der Waals surface area contributed by atoms with Gasteiger partial charge in [-0.2, -0.15) is 0 Å². The molecule has 0 unspecified atom stereocenters. The van der Waals surface area contributed by atoms with Gasteiger partial charge in [0.05, 0.1) is 7.11 Å². The number of methoxy groups -OCH3 is 1. The van der Waals surface area contributed by atoms with Crippen LogP contribution in [0.1, 0.15) is 36.8 Å². The van der Waals surface area contributed by atoms with Crippen LogP contribution < -0.4 is 4.74 Å². The Morgan fingerprint density at radius 3 is 2.53 bits per heavy atom. The average molecular weight is 266 g/mol. The van der Waals surface area contributed by atoms with Crippen LogP contribution in [0.25, 0.3) is 0 Å². The van der Waals surface area contributed by atoms with Gasteiger partial charge in [0.1, 0.15) is 5.75 Å². The van der Waals surface area contributed by atoms with Gasteiger partial charge in [-0.15, -0.1) is 0 Å².